The van der Waals surface area contributed by atoms with E-state index in [0.717, 1.165) is 23.9 Å². The fourth-order valence-electron chi connectivity index (χ4n) is 2.65. The Labute approximate surface area is 119 Å². The summed E-state index contributed by atoms with van der Waals surface area (Å²) in [6, 6.07) is 4.16. The summed E-state index contributed by atoms with van der Waals surface area (Å²) in [5, 5.41) is 3.91. The van der Waals surface area contributed by atoms with Crippen LogP contribution < -0.4 is 5.32 Å². The second-order valence-electron chi connectivity index (χ2n) is 5.09. The Bertz CT molecular complexity index is 376. The summed E-state index contributed by atoms with van der Waals surface area (Å²) >= 11 is 2.03. The van der Waals surface area contributed by atoms with Crippen molar-refractivity contribution in [2.24, 2.45) is 0 Å². The van der Waals surface area contributed by atoms with Crippen molar-refractivity contribution in [1.29, 1.82) is 0 Å². The van der Waals surface area contributed by atoms with Crippen LogP contribution >= 0.6 is 11.8 Å². The highest BCUT2D eigenvalue weighted by molar-refractivity contribution is 7.99. The molecule has 1 aromatic heterocycles. The van der Waals surface area contributed by atoms with Gasteiger partial charge in [-0.3, -0.25) is 4.79 Å². The van der Waals surface area contributed by atoms with Gasteiger partial charge in [0.1, 0.15) is 5.76 Å². The molecule has 2 unspecified atom stereocenters. The molecule has 2 atom stereocenters. The average molecular weight is 281 g/mol. The lowest BCUT2D eigenvalue weighted by Gasteiger charge is -2.29. The fourth-order valence-corrected chi connectivity index (χ4v) is 3.83. The van der Waals surface area contributed by atoms with E-state index in [1.807, 2.05) is 23.9 Å². The number of carbonyl (C=O) groups is 1. The minimum atomic E-state index is 0.156. The molecule has 1 aliphatic carbocycles. The molecule has 0 bridgehead atoms. The van der Waals surface area contributed by atoms with E-state index < -0.39 is 0 Å². The van der Waals surface area contributed by atoms with Gasteiger partial charge in [-0.2, -0.15) is 11.8 Å². The molecule has 0 aromatic carbocycles. The summed E-state index contributed by atoms with van der Waals surface area (Å²) in [6.07, 6.45) is 7.67. The first kappa shape index (κ1) is 14.5. The smallest absolute Gasteiger partial charge is 0.220 e. The van der Waals surface area contributed by atoms with Gasteiger partial charge in [0.05, 0.1) is 6.26 Å². The molecule has 0 saturated heterocycles. The van der Waals surface area contributed by atoms with Gasteiger partial charge in [-0.15, -0.1) is 0 Å². The molecule has 1 N–H and O–H groups in total. The predicted molar refractivity (Wildman–Crippen MR) is 79.3 cm³/mol. The van der Waals surface area contributed by atoms with Crippen molar-refractivity contribution < 1.29 is 9.21 Å². The second-order valence-corrected chi connectivity index (χ2v) is 6.67. The highest BCUT2D eigenvalue weighted by atomic mass is 32.2. The molecule has 0 aliphatic heterocycles. The van der Waals surface area contributed by atoms with Gasteiger partial charge in [-0.1, -0.05) is 13.3 Å². The minimum Gasteiger partial charge on any atom is -0.469 e. The van der Waals surface area contributed by atoms with Gasteiger partial charge in [0, 0.05) is 24.1 Å². The number of hydrogen-bond acceptors (Lipinski definition) is 3. The maximum atomic E-state index is 11.9. The van der Waals surface area contributed by atoms with E-state index in [9.17, 15) is 4.79 Å². The van der Waals surface area contributed by atoms with Gasteiger partial charge in [-0.25, -0.2) is 0 Å². The van der Waals surface area contributed by atoms with Gasteiger partial charge in [0.25, 0.3) is 0 Å². The number of hydrogen-bond donors (Lipinski definition) is 1. The van der Waals surface area contributed by atoms with E-state index in [1.165, 1.54) is 18.6 Å². The maximum absolute atomic E-state index is 11.9. The van der Waals surface area contributed by atoms with Gasteiger partial charge in [0.2, 0.25) is 5.91 Å². The largest absolute Gasteiger partial charge is 0.469 e. The van der Waals surface area contributed by atoms with Crippen molar-refractivity contribution in [2.75, 3.05) is 5.75 Å². The normalized spacial score (nSPS) is 23.2. The Morgan fingerprint density at radius 1 is 1.53 bits per heavy atom. The third kappa shape index (κ3) is 4.94. The summed E-state index contributed by atoms with van der Waals surface area (Å²) in [7, 11) is 0. The molecule has 4 heteroatoms. The lowest BCUT2D eigenvalue weighted by atomic mass is 9.95. The Balaban J connectivity index is 1.69. The van der Waals surface area contributed by atoms with E-state index in [2.05, 4.69) is 12.2 Å². The van der Waals surface area contributed by atoms with Crippen LogP contribution in [0.1, 0.15) is 44.8 Å². The van der Waals surface area contributed by atoms with Crippen molar-refractivity contribution in [3.63, 3.8) is 0 Å². The van der Waals surface area contributed by atoms with Crippen LogP contribution in [0.2, 0.25) is 0 Å². The molecule has 1 aliphatic rings. The lowest BCUT2D eigenvalue weighted by Crippen LogP contribution is -2.39. The molecule has 0 radical (unpaired) electrons. The molecule has 1 saturated carbocycles. The summed E-state index contributed by atoms with van der Waals surface area (Å²) in [5.41, 5.74) is 0. The first-order chi connectivity index (χ1) is 9.28. The molecule has 1 fully saturated rings. The van der Waals surface area contributed by atoms with Crippen molar-refractivity contribution in [3.8, 4) is 0 Å². The molecule has 0 spiro atoms. The third-order valence-corrected chi connectivity index (χ3v) is 4.81. The average Bonchev–Trinajstić information content (AvgIpc) is 2.90. The fraction of sp³-hybridized carbons (Fsp3) is 0.667. The van der Waals surface area contributed by atoms with Gasteiger partial charge in [-0.05, 0) is 37.1 Å². The van der Waals surface area contributed by atoms with Crippen LogP contribution in [-0.4, -0.2) is 23.0 Å². The molecule has 3 nitrogen and oxygen atoms in total. The topological polar surface area (TPSA) is 42.2 Å². The first-order valence-electron chi connectivity index (χ1n) is 7.21. The Hall–Kier alpha value is -0.900. The summed E-state index contributed by atoms with van der Waals surface area (Å²) < 4.78 is 5.24. The minimum absolute atomic E-state index is 0.156. The van der Waals surface area contributed by atoms with Gasteiger partial charge >= 0.3 is 0 Å². The maximum Gasteiger partial charge on any atom is 0.220 e. The number of rotatable bonds is 6. The molecular formula is C15H23NO2S. The standard InChI is InChI=1S/C15H23NO2S/c1-2-19-14-7-3-5-12(11-14)16-15(17)9-8-13-6-4-10-18-13/h4,6,10,12,14H,2-3,5,7-9,11H2,1H3,(H,16,17). The molecule has 1 amide bonds. The monoisotopic (exact) mass is 281 g/mol. The summed E-state index contributed by atoms with van der Waals surface area (Å²) in [4.78, 5) is 11.9. The van der Waals surface area contributed by atoms with E-state index in [4.69, 9.17) is 4.42 Å². The Kier molecular flexibility index (Phi) is 5.83. The van der Waals surface area contributed by atoms with E-state index in [1.54, 1.807) is 6.26 Å². The van der Waals surface area contributed by atoms with E-state index >= 15 is 0 Å². The number of aryl methyl sites for hydroxylation is 1. The van der Waals surface area contributed by atoms with Crippen molar-refractivity contribution in [2.45, 2.75) is 56.7 Å². The van der Waals surface area contributed by atoms with Gasteiger partial charge < -0.3 is 9.73 Å². The van der Waals surface area contributed by atoms with Crippen LogP contribution in [-0.2, 0) is 11.2 Å². The Morgan fingerprint density at radius 2 is 2.42 bits per heavy atom. The first-order valence-corrected chi connectivity index (χ1v) is 8.26. The lowest BCUT2D eigenvalue weighted by molar-refractivity contribution is -0.122. The van der Waals surface area contributed by atoms with Crippen LogP contribution in [0.25, 0.3) is 0 Å². The van der Waals surface area contributed by atoms with Crippen molar-refractivity contribution in [3.05, 3.63) is 24.2 Å². The van der Waals surface area contributed by atoms with Crippen LogP contribution in [0, 0.1) is 0 Å². The zero-order chi connectivity index (χ0) is 13.5. The van der Waals surface area contributed by atoms with E-state index in [-0.39, 0.29) is 5.91 Å². The summed E-state index contributed by atoms with van der Waals surface area (Å²) in [6.45, 7) is 2.20. The quantitative estimate of drug-likeness (QED) is 0.869. The highest BCUT2D eigenvalue weighted by Gasteiger charge is 2.22. The molecular weight excluding hydrogens is 258 g/mol. The third-order valence-electron chi connectivity index (χ3n) is 3.57. The van der Waals surface area contributed by atoms with Crippen LogP contribution in [0.15, 0.2) is 22.8 Å². The van der Waals surface area contributed by atoms with Crippen LogP contribution in [0.5, 0.6) is 0 Å². The number of amides is 1. The number of carbonyl (C=O) groups excluding carboxylic acids is 1. The summed E-state index contributed by atoms with van der Waals surface area (Å²) in [5.74, 6) is 2.21. The van der Waals surface area contributed by atoms with E-state index in [0.29, 0.717) is 18.9 Å². The van der Waals surface area contributed by atoms with Crippen molar-refractivity contribution >= 4 is 17.7 Å². The zero-order valence-electron chi connectivity index (χ0n) is 11.6. The number of nitrogens with one attached hydrogen (secondary N) is 1. The number of furan rings is 1. The second kappa shape index (κ2) is 7.63. The molecule has 19 heavy (non-hydrogen) atoms. The molecule has 1 aromatic rings. The van der Waals surface area contributed by atoms with Crippen molar-refractivity contribution in [1.82, 2.24) is 5.32 Å². The zero-order valence-corrected chi connectivity index (χ0v) is 12.4. The number of thioether (sulfide) groups is 1. The Morgan fingerprint density at radius 3 is 3.16 bits per heavy atom. The molecule has 106 valence electrons. The highest BCUT2D eigenvalue weighted by Crippen LogP contribution is 2.28. The predicted octanol–water partition coefficient (Wildman–Crippen LogP) is 3.39. The molecule has 1 heterocycles. The van der Waals surface area contributed by atoms with Gasteiger partial charge in [0.15, 0.2) is 0 Å². The van der Waals surface area contributed by atoms with Crippen LogP contribution in [0.3, 0.4) is 0 Å². The molecule has 2 rings (SSSR count). The van der Waals surface area contributed by atoms with Crippen LogP contribution in [0.4, 0.5) is 0 Å². The SMILES string of the molecule is CCSC1CCCC(NC(=O)CCc2ccco2)C1.